The van der Waals surface area contributed by atoms with Gasteiger partial charge in [0.2, 0.25) is 0 Å². The highest BCUT2D eigenvalue weighted by atomic mass is 127. The average molecular weight is 562 g/mol. The molecule has 0 atom stereocenters. The second-order valence-electron chi connectivity index (χ2n) is 8.24. The summed E-state index contributed by atoms with van der Waals surface area (Å²) in [4.78, 5) is 27.1. The molecule has 32 heavy (non-hydrogen) atoms. The summed E-state index contributed by atoms with van der Waals surface area (Å²) in [6.45, 7) is 7.08. The predicted molar refractivity (Wildman–Crippen MR) is 140 cm³/mol. The molecule has 3 N–H and O–H groups in total. The molecule has 0 fully saturated rings. The molecule has 9 heteroatoms. The van der Waals surface area contributed by atoms with E-state index in [-0.39, 0.29) is 29.9 Å². The van der Waals surface area contributed by atoms with E-state index in [0.29, 0.717) is 12.1 Å². The van der Waals surface area contributed by atoms with Crippen molar-refractivity contribution < 1.29 is 19.1 Å². The third-order valence-electron chi connectivity index (χ3n) is 4.36. The van der Waals surface area contributed by atoms with Crippen LogP contribution in [0.15, 0.2) is 29.3 Å². The number of benzene rings is 1. The van der Waals surface area contributed by atoms with Crippen LogP contribution in [0.1, 0.15) is 58.4 Å². The van der Waals surface area contributed by atoms with Crippen molar-refractivity contribution in [1.29, 1.82) is 0 Å². The van der Waals surface area contributed by atoms with Crippen LogP contribution in [0, 0.1) is 0 Å². The number of rotatable bonds is 11. The van der Waals surface area contributed by atoms with Crippen molar-refractivity contribution in [3.8, 4) is 0 Å². The number of aliphatic imine (C=N–C) groups is 1. The van der Waals surface area contributed by atoms with Crippen molar-refractivity contribution in [1.82, 2.24) is 10.6 Å². The van der Waals surface area contributed by atoms with E-state index in [1.807, 2.05) is 45.0 Å². The zero-order valence-electron chi connectivity index (χ0n) is 20.0. The van der Waals surface area contributed by atoms with Gasteiger partial charge in [-0.25, -0.2) is 4.79 Å². The highest BCUT2D eigenvalue weighted by Crippen LogP contribution is 2.13. The number of halogens is 1. The van der Waals surface area contributed by atoms with Gasteiger partial charge in [0.25, 0.3) is 0 Å². The fourth-order valence-electron chi connectivity index (χ4n) is 2.78. The van der Waals surface area contributed by atoms with E-state index in [1.165, 1.54) is 7.11 Å². The summed E-state index contributed by atoms with van der Waals surface area (Å²) in [5, 5.41) is 9.33. The van der Waals surface area contributed by atoms with Crippen LogP contribution < -0.4 is 16.0 Å². The van der Waals surface area contributed by atoms with Crippen molar-refractivity contribution in [2.45, 2.75) is 64.9 Å². The molecule has 0 unspecified atom stereocenters. The Kier molecular flexibility index (Phi) is 15.5. The van der Waals surface area contributed by atoms with Gasteiger partial charge in [-0.15, -0.1) is 24.0 Å². The Morgan fingerprint density at radius 3 is 2.19 bits per heavy atom. The summed E-state index contributed by atoms with van der Waals surface area (Å²) in [6.07, 6.45) is 4.83. The van der Waals surface area contributed by atoms with Gasteiger partial charge in [-0.05, 0) is 57.7 Å². The number of amides is 1. The second kappa shape index (κ2) is 16.6. The molecule has 0 saturated heterocycles. The van der Waals surface area contributed by atoms with Gasteiger partial charge < -0.3 is 20.1 Å². The Morgan fingerprint density at radius 2 is 1.59 bits per heavy atom. The van der Waals surface area contributed by atoms with E-state index < -0.39 is 11.7 Å². The molecule has 1 amide bonds. The smallest absolute Gasteiger partial charge is 0.412 e. The summed E-state index contributed by atoms with van der Waals surface area (Å²) in [5.74, 6) is 0.634. The Bertz CT molecular complexity index is 703. The quantitative estimate of drug-likeness (QED) is 0.121. The van der Waals surface area contributed by atoms with Gasteiger partial charge in [-0.1, -0.05) is 25.0 Å². The molecule has 0 bridgehead atoms. The molecule has 8 nitrogen and oxygen atoms in total. The van der Waals surface area contributed by atoms with Crippen LogP contribution in [0.2, 0.25) is 0 Å². The number of anilines is 1. The Balaban J connectivity index is 0.00000961. The zero-order valence-corrected chi connectivity index (χ0v) is 22.3. The molecule has 0 aliphatic heterocycles. The molecule has 0 heterocycles. The lowest BCUT2D eigenvalue weighted by molar-refractivity contribution is -0.140. The van der Waals surface area contributed by atoms with E-state index in [2.05, 4.69) is 25.7 Å². The van der Waals surface area contributed by atoms with E-state index in [1.54, 1.807) is 7.05 Å². The molecule has 1 aromatic rings. The summed E-state index contributed by atoms with van der Waals surface area (Å²) in [6, 6.07) is 7.71. The number of esters is 1. The standard InChI is InChI=1S/C23H38N4O4.HI/c1-23(2,3)31-22(29)27-19-13-11-18(12-14-19)15-17-26-21(24-4)25-16-9-7-6-8-10-20(28)30-5;/h11-14H,6-10,15-17H2,1-5H3,(H,27,29)(H2,24,25,26);1H. The number of nitrogens with one attached hydrogen (secondary N) is 3. The van der Waals surface area contributed by atoms with Gasteiger partial charge in [0, 0.05) is 32.2 Å². The van der Waals surface area contributed by atoms with E-state index >= 15 is 0 Å². The summed E-state index contributed by atoms with van der Waals surface area (Å²) in [5.41, 5.74) is 1.34. The zero-order chi connectivity index (χ0) is 23.1. The van der Waals surface area contributed by atoms with Gasteiger partial charge in [0.1, 0.15) is 5.60 Å². The summed E-state index contributed by atoms with van der Waals surface area (Å²) < 4.78 is 9.88. The van der Waals surface area contributed by atoms with Crippen LogP contribution in [0.4, 0.5) is 10.5 Å². The predicted octanol–water partition coefficient (Wildman–Crippen LogP) is 4.48. The molecule has 1 aromatic carbocycles. The average Bonchev–Trinajstić information content (AvgIpc) is 2.71. The van der Waals surface area contributed by atoms with Gasteiger partial charge >= 0.3 is 12.1 Å². The molecule has 0 aromatic heterocycles. The third-order valence-corrected chi connectivity index (χ3v) is 4.36. The van der Waals surface area contributed by atoms with Gasteiger partial charge in [0.05, 0.1) is 7.11 Å². The Labute approximate surface area is 209 Å². The maximum absolute atomic E-state index is 11.8. The van der Waals surface area contributed by atoms with E-state index in [0.717, 1.165) is 56.7 Å². The monoisotopic (exact) mass is 562 g/mol. The maximum atomic E-state index is 11.8. The third kappa shape index (κ3) is 14.9. The SMILES string of the molecule is CN=C(NCCCCCCC(=O)OC)NCCc1ccc(NC(=O)OC(C)(C)C)cc1.I. The minimum atomic E-state index is -0.521. The van der Waals surface area contributed by atoms with Gasteiger partial charge in [-0.2, -0.15) is 0 Å². The molecule has 0 saturated carbocycles. The molecule has 0 aliphatic rings. The molecular formula is C23H39IN4O4. The van der Waals surface area contributed by atoms with Crippen LogP contribution >= 0.6 is 24.0 Å². The first-order valence-electron chi connectivity index (χ1n) is 10.8. The fraction of sp³-hybridized carbons (Fsp3) is 0.609. The first kappa shape index (κ1) is 30.0. The molecule has 0 aliphatic carbocycles. The van der Waals surface area contributed by atoms with Crippen LogP contribution in [-0.2, 0) is 20.7 Å². The van der Waals surface area contributed by atoms with Crippen LogP contribution in [0.3, 0.4) is 0 Å². The second-order valence-corrected chi connectivity index (χ2v) is 8.24. The summed E-state index contributed by atoms with van der Waals surface area (Å²) >= 11 is 0. The van der Waals surface area contributed by atoms with Crippen molar-refractivity contribution in [2.75, 3.05) is 32.6 Å². The highest BCUT2D eigenvalue weighted by molar-refractivity contribution is 14.0. The molecule has 0 radical (unpaired) electrons. The molecular weight excluding hydrogens is 523 g/mol. The molecule has 1 rings (SSSR count). The largest absolute Gasteiger partial charge is 0.469 e. The van der Waals surface area contributed by atoms with Crippen LogP contribution in [-0.4, -0.2) is 50.9 Å². The number of methoxy groups -OCH3 is 1. The number of ether oxygens (including phenoxy) is 2. The van der Waals surface area contributed by atoms with E-state index in [9.17, 15) is 9.59 Å². The highest BCUT2D eigenvalue weighted by Gasteiger charge is 2.16. The molecule has 182 valence electrons. The minimum Gasteiger partial charge on any atom is -0.469 e. The van der Waals surface area contributed by atoms with Crippen LogP contribution in [0.5, 0.6) is 0 Å². The van der Waals surface area contributed by atoms with Crippen molar-refractivity contribution in [3.05, 3.63) is 29.8 Å². The van der Waals surface area contributed by atoms with Crippen molar-refractivity contribution in [2.24, 2.45) is 4.99 Å². The lowest BCUT2D eigenvalue weighted by Gasteiger charge is -2.19. The van der Waals surface area contributed by atoms with Crippen molar-refractivity contribution >= 4 is 47.7 Å². The van der Waals surface area contributed by atoms with Crippen LogP contribution in [0.25, 0.3) is 0 Å². The first-order valence-corrected chi connectivity index (χ1v) is 10.8. The number of guanidine groups is 1. The normalized spacial score (nSPS) is 11.2. The number of carbonyl (C=O) groups excluding carboxylic acids is 2. The molecule has 0 spiro atoms. The van der Waals surface area contributed by atoms with Gasteiger partial charge in [-0.3, -0.25) is 15.1 Å². The lowest BCUT2D eigenvalue weighted by atomic mass is 10.1. The number of unbranched alkanes of at least 4 members (excludes halogenated alkanes) is 3. The number of hydrogen-bond donors (Lipinski definition) is 3. The Morgan fingerprint density at radius 1 is 0.969 bits per heavy atom. The van der Waals surface area contributed by atoms with Crippen molar-refractivity contribution in [3.63, 3.8) is 0 Å². The first-order chi connectivity index (χ1) is 14.7. The minimum absolute atomic E-state index is 0. The van der Waals surface area contributed by atoms with Gasteiger partial charge in [0.15, 0.2) is 5.96 Å². The summed E-state index contributed by atoms with van der Waals surface area (Å²) in [7, 11) is 3.17. The van der Waals surface area contributed by atoms with E-state index in [4.69, 9.17) is 4.74 Å². The number of carbonyl (C=O) groups is 2. The lowest BCUT2D eigenvalue weighted by Crippen LogP contribution is -2.38. The Hall–Kier alpha value is -2.04. The number of hydrogen-bond acceptors (Lipinski definition) is 5. The fourth-order valence-corrected chi connectivity index (χ4v) is 2.78. The maximum Gasteiger partial charge on any atom is 0.412 e. The number of nitrogens with zero attached hydrogens (tertiary/aromatic N) is 1. The topological polar surface area (TPSA) is 101 Å².